The van der Waals surface area contributed by atoms with Crippen molar-refractivity contribution in [1.29, 1.82) is 0 Å². The highest BCUT2D eigenvalue weighted by Crippen LogP contribution is 2.22. The summed E-state index contributed by atoms with van der Waals surface area (Å²) in [4.78, 5) is 4.73. The molecule has 3 nitrogen and oxygen atoms in total. The molecule has 3 N–H and O–H groups in total. The smallest absolute Gasteiger partial charge is 0.136 e. The second kappa shape index (κ2) is 6.01. The summed E-state index contributed by atoms with van der Waals surface area (Å²) in [7, 11) is 0. The molecule has 4 heteroatoms. The van der Waals surface area contributed by atoms with E-state index in [9.17, 15) is 0 Å². The summed E-state index contributed by atoms with van der Waals surface area (Å²) in [6.45, 7) is 6.16. The third-order valence-electron chi connectivity index (χ3n) is 3.34. The molecule has 0 spiro atoms. The summed E-state index contributed by atoms with van der Waals surface area (Å²) in [5.41, 5.74) is 10.1. The van der Waals surface area contributed by atoms with Gasteiger partial charge in [-0.05, 0) is 38.0 Å². The standard InChI is InChI=1S/C16H19N3S/c1-10-4-6-13(7-5-10)12(3)19-16-14(15(17)20)11(2)8-9-18-16/h4-9,12H,1-3H3,(H2,17,20)(H,18,19). The number of aromatic nitrogens is 1. The van der Waals surface area contributed by atoms with E-state index in [2.05, 4.69) is 48.4 Å². The molecule has 0 bridgehead atoms. The zero-order valence-electron chi connectivity index (χ0n) is 12.0. The zero-order valence-corrected chi connectivity index (χ0v) is 12.8. The number of benzene rings is 1. The first-order valence-electron chi connectivity index (χ1n) is 6.57. The molecular weight excluding hydrogens is 266 g/mol. The molecule has 1 aromatic heterocycles. The number of aryl methyl sites for hydroxylation is 2. The van der Waals surface area contributed by atoms with E-state index in [-0.39, 0.29) is 6.04 Å². The number of pyridine rings is 1. The summed E-state index contributed by atoms with van der Waals surface area (Å²) in [6.07, 6.45) is 1.77. The minimum atomic E-state index is 0.137. The molecule has 0 aliphatic rings. The predicted octanol–water partition coefficient (Wildman–Crippen LogP) is 3.51. The Hall–Kier alpha value is -1.94. The summed E-state index contributed by atoms with van der Waals surface area (Å²) < 4.78 is 0. The average Bonchev–Trinajstić information content (AvgIpc) is 2.39. The van der Waals surface area contributed by atoms with Crippen molar-refractivity contribution in [2.45, 2.75) is 26.8 Å². The zero-order chi connectivity index (χ0) is 14.7. The van der Waals surface area contributed by atoms with E-state index >= 15 is 0 Å². The fraction of sp³-hybridized carbons (Fsp3) is 0.250. The summed E-state index contributed by atoms with van der Waals surface area (Å²) in [6, 6.07) is 10.5. The molecule has 2 rings (SSSR count). The first kappa shape index (κ1) is 14.5. The summed E-state index contributed by atoms with van der Waals surface area (Å²) >= 11 is 5.12. The van der Waals surface area contributed by atoms with E-state index in [1.165, 1.54) is 11.1 Å². The van der Waals surface area contributed by atoms with Gasteiger partial charge in [-0.1, -0.05) is 42.0 Å². The topological polar surface area (TPSA) is 50.9 Å². The van der Waals surface area contributed by atoms with Gasteiger partial charge in [0.1, 0.15) is 10.8 Å². The van der Waals surface area contributed by atoms with Crippen LogP contribution in [-0.2, 0) is 0 Å². The Morgan fingerprint density at radius 1 is 1.20 bits per heavy atom. The highest BCUT2D eigenvalue weighted by atomic mass is 32.1. The second-order valence-corrected chi connectivity index (χ2v) is 5.43. The average molecular weight is 285 g/mol. The number of nitrogens with zero attached hydrogens (tertiary/aromatic N) is 1. The number of nitrogens with one attached hydrogen (secondary N) is 1. The van der Waals surface area contributed by atoms with Gasteiger partial charge in [-0.15, -0.1) is 0 Å². The van der Waals surface area contributed by atoms with Crippen LogP contribution in [0.5, 0.6) is 0 Å². The van der Waals surface area contributed by atoms with Crippen molar-refractivity contribution in [2.75, 3.05) is 5.32 Å². The van der Waals surface area contributed by atoms with Gasteiger partial charge in [-0.3, -0.25) is 0 Å². The van der Waals surface area contributed by atoms with Gasteiger partial charge in [0.15, 0.2) is 0 Å². The van der Waals surface area contributed by atoms with E-state index in [0.29, 0.717) is 4.99 Å². The van der Waals surface area contributed by atoms with Gasteiger partial charge in [0.2, 0.25) is 0 Å². The molecule has 1 unspecified atom stereocenters. The maximum absolute atomic E-state index is 5.80. The fourth-order valence-electron chi connectivity index (χ4n) is 2.12. The lowest BCUT2D eigenvalue weighted by atomic mass is 10.1. The molecule has 20 heavy (non-hydrogen) atoms. The van der Waals surface area contributed by atoms with Gasteiger partial charge in [-0.2, -0.15) is 0 Å². The Morgan fingerprint density at radius 2 is 1.85 bits per heavy atom. The Morgan fingerprint density at radius 3 is 2.45 bits per heavy atom. The lowest BCUT2D eigenvalue weighted by molar-refractivity contribution is 0.872. The number of nitrogens with two attached hydrogens (primary N) is 1. The molecule has 1 atom stereocenters. The minimum absolute atomic E-state index is 0.137. The number of rotatable bonds is 4. The van der Waals surface area contributed by atoms with Gasteiger partial charge >= 0.3 is 0 Å². The van der Waals surface area contributed by atoms with Gasteiger partial charge in [0, 0.05) is 12.2 Å². The van der Waals surface area contributed by atoms with Crippen LogP contribution in [0.15, 0.2) is 36.5 Å². The van der Waals surface area contributed by atoms with Crippen LogP contribution in [0.3, 0.4) is 0 Å². The van der Waals surface area contributed by atoms with Crippen LogP contribution in [0.1, 0.15) is 35.2 Å². The Balaban J connectivity index is 2.28. The number of hydrogen-bond acceptors (Lipinski definition) is 3. The molecule has 1 aromatic carbocycles. The fourth-order valence-corrected chi connectivity index (χ4v) is 2.38. The molecule has 0 saturated carbocycles. The summed E-state index contributed by atoms with van der Waals surface area (Å²) in [5, 5.41) is 3.39. The molecule has 0 radical (unpaired) electrons. The lowest BCUT2D eigenvalue weighted by Gasteiger charge is -2.18. The van der Waals surface area contributed by atoms with Crippen molar-refractivity contribution in [3.63, 3.8) is 0 Å². The molecule has 2 aromatic rings. The van der Waals surface area contributed by atoms with E-state index in [4.69, 9.17) is 18.0 Å². The molecule has 0 aliphatic carbocycles. The Labute approximate surface area is 125 Å². The molecule has 1 heterocycles. The van der Waals surface area contributed by atoms with Crippen LogP contribution in [0, 0.1) is 13.8 Å². The second-order valence-electron chi connectivity index (χ2n) is 4.99. The van der Waals surface area contributed by atoms with Crippen molar-refractivity contribution in [3.8, 4) is 0 Å². The van der Waals surface area contributed by atoms with Crippen molar-refractivity contribution >= 4 is 23.0 Å². The van der Waals surface area contributed by atoms with Crippen LogP contribution in [0.4, 0.5) is 5.82 Å². The van der Waals surface area contributed by atoms with Crippen LogP contribution in [0.25, 0.3) is 0 Å². The third-order valence-corrected chi connectivity index (χ3v) is 3.54. The predicted molar refractivity (Wildman–Crippen MR) is 88.1 cm³/mol. The SMILES string of the molecule is Cc1ccc(C(C)Nc2nccc(C)c2C(N)=S)cc1. The van der Waals surface area contributed by atoms with E-state index < -0.39 is 0 Å². The third kappa shape index (κ3) is 3.14. The van der Waals surface area contributed by atoms with Crippen LogP contribution < -0.4 is 11.1 Å². The highest BCUT2D eigenvalue weighted by molar-refractivity contribution is 7.80. The van der Waals surface area contributed by atoms with Gasteiger partial charge in [-0.25, -0.2) is 4.98 Å². The van der Waals surface area contributed by atoms with Crippen LogP contribution >= 0.6 is 12.2 Å². The monoisotopic (exact) mass is 285 g/mol. The lowest BCUT2D eigenvalue weighted by Crippen LogP contribution is -2.17. The van der Waals surface area contributed by atoms with Crippen molar-refractivity contribution in [3.05, 3.63) is 58.8 Å². The number of thiocarbonyl (C=S) groups is 1. The maximum Gasteiger partial charge on any atom is 0.136 e. The molecule has 0 fully saturated rings. The quantitative estimate of drug-likeness (QED) is 0.844. The molecule has 0 aliphatic heterocycles. The first-order chi connectivity index (χ1) is 9.49. The van der Waals surface area contributed by atoms with Crippen molar-refractivity contribution < 1.29 is 0 Å². The largest absolute Gasteiger partial charge is 0.389 e. The Kier molecular flexibility index (Phi) is 4.35. The number of hydrogen-bond donors (Lipinski definition) is 2. The van der Waals surface area contributed by atoms with Gasteiger partial charge in [0.05, 0.1) is 5.56 Å². The summed E-state index contributed by atoms with van der Waals surface area (Å²) in [5.74, 6) is 0.741. The maximum atomic E-state index is 5.80. The van der Waals surface area contributed by atoms with E-state index in [1.54, 1.807) is 6.20 Å². The van der Waals surface area contributed by atoms with Gasteiger partial charge in [0.25, 0.3) is 0 Å². The molecular formula is C16H19N3S. The van der Waals surface area contributed by atoms with Gasteiger partial charge < -0.3 is 11.1 Å². The van der Waals surface area contributed by atoms with Crippen LogP contribution in [0.2, 0.25) is 0 Å². The highest BCUT2D eigenvalue weighted by Gasteiger charge is 2.13. The van der Waals surface area contributed by atoms with Crippen molar-refractivity contribution in [1.82, 2.24) is 4.98 Å². The van der Waals surface area contributed by atoms with Crippen LogP contribution in [-0.4, -0.2) is 9.97 Å². The molecule has 0 amide bonds. The van der Waals surface area contributed by atoms with Crippen molar-refractivity contribution in [2.24, 2.45) is 5.73 Å². The van der Waals surface area contributed by atoms with E-state index in [1.807, 2.05) is 13.0 Å². The number of anilines is 1. The molecule has 104 valence electrons. The normalized spacial score (nSPS) is 11.9. The van der Waals surface area contributed by atoms with E-state index in [0.717, 1.165) is 16.9 Å². The minimum Gasteiger partial charge on any atom is -0.389 e. The molecule has 0 saturated heterocycles. The Bertz CT molecular complexity index is 620. The first-order valence-corrected chi connectivity index (χ1v) is 6.98.